The molecule has 0 unspecified atom stereocenters. The van der Waals surface area contributed by atoms with Crippen molar-refractivity contribution in [2.75, 3.05) is 20.6 Å². The molecule has 2 rings (SSSR count). The number of hydrogen-bond acceptors (Lipinski definition) is 2. The number of rotatable bonds is 2. The zero-order valence-corrected chi connectivity index (χ0v) is 8.68. The topological polar surface area (TPSA) is 20.3 Å². The van der Waals surface area contributed by atoms with Crippen LogP contribution in [0.25, 0.3) is 0 Å². The van der Waals surface area contributed by atoms with E-state index >= 15 is 0 Å². The molecule has 0 bridgehead atoms. The summed E-state index contributed by atoms with van der Waals surface area (Å²) in [7, 11) is 4.11. The summed E-state index contributed by atoms with van der Waals surface area (Å²) in [4.78, 5) is 13.8. The Morgan fingerprint density at radius 3 is 2.62 bits per heavy atom. The molecular formula is C11H19NO. The van der Waals surface area contributed by atoms with Gasteiger partial charge in [0.25, 0.3) is 0 Å². The van der Waals surface area contributed by atoms with E-state index in [9.17, 15) is 4.79 Å². The Hall–Kier alpha value is -0.370. The summed E-state index contributed by atoms with van der Waals surface area (Å²) in [5, 5.41) is 0. The van der Waals surface area contributed by atoms with Crippen LogP contribution >= 0.6 is 0 Å². The van der Waals surface area contributed by atoms with Crippen LogP contribution in [-0.4, -0.2) is 31.3 Å². The molecule has 0 N–H and O–H groups in total. The minimum absolute atomic E-state index is 0.339. The van der Waals surface area contributed by atoms with E-state index in [4.69, 9.17) is 0 Å². The summed E-state index contributed by atoms with van der Waals surface area (Å²) in [6.45, 7) is 0.959. The van der Waals surface area contributed by atoms with Gasteiger partial charge in [-0.25, -0.2) is 0 Å². The van der Waals surface area contributed by atoms with Gasteiger partial charge in [0, 0.05) is 18.9 Å². The van der Waals surface area contributed by atoms with E-state index < -0.39 is 0 Å². The van der Waals surface area contributed by atoms with Crippen molar-refractivity contribution >= 4 is 5.78 Å². The normalized spacial score (nSPS) is 31.3. The predicted octanol–water partition coefficient (Wildman–Crippen LogP) is 1.70. The maximum Gasteiger partial charge on any atom is 0.137 e. The molecule has 0 heterocycles. The van der Waals surface area contributed by atoms with Gasteiger partial charge >= 0.3 is 0 Å². The summed E-state index contributed by atoms with van der Waals surface area (Å²) < 4.78 is 0. The van der Waals surface area contributed by atoms with Gasteiger partial charge in [-0.3, -0.25) is 4.79 Å². The van der Waals surface area contributed by atoms with Gasteiger partial charge in [-0.15, -0.1) is 0 Å². The lowest BCUT2D eigenvalue weighted by atomic mass is 9.78. The molecule has 13 heavy (non-hydrogen) atoms. The van der Waals surface area contributed by atoms with Crippen molar-refractivity contribution in [3.05, 3.63) is 0 Å². The molecule has 2 fully saturated rings. The lowest BCUT2D eigenvalue weighted by Crippen LogP contribution is -2.33. The molecule has 2 aliphatic carbocycles. The minimum atomic E-state index is 0.339. The smallest absolute Gasteiger partial charge is 0.137 e. The molecule has 2 heteroatoms. The molecule has 0 saturated heterocycles. The highest BCUT2D eigenvalue weighted by Crippen LogP contribution is 2.56. The number of carbonyl (C=O) groups is 1. The summed E-state index contributed by atoms with van der Waals surface area (Å²) in [6, 6.07) is 0. The average Bonchev–Trinajstić information content (AvgIpc) is 2.78. The molecule has 2 saturated carbocycles. The monoisotopic (exact) mass is 181 g/mol. The Morgan fingerprint density at radius 1 is 1.38 bits per heavy atom. The zero-order valence-electron chi connectivity index (χ0n) is 8.68. The van der Waals surface area contributed by atoms with Gasteiger partial charge in [0.15, 0.2) is 0 Å². The average molecular weight is 181 g/mol. The van der Waals surface area contributed by atoms with Crippen molar-refractivity contribution in [3.8, 4) is 0 Å². The van der Waals surface area contributed by atoms with Gasteiger partial charge in [-0.1, -0.05) is 0 Å². The Bertz CT molecular complexity index is 218. The van der Waals surface area contributed by atoms with Gasteiger partial charge in [0.2, 0.25) is 0 Å². The largest absolute Gasteiger partial charge is 0.309 e. The minimum Gasteiger partial charge on any atom is -0.309 e. The first-order valence-electron chi connectivity index (χ1n) is 5.29. The Morgan fingerprint density at radius 2 is 2.08 bits per heavy atom. The van der Waals surface area contributed by atoms with Crippen molar-refractivity contribution in [2.45, 2.75) is 32.1 Å². The van der Waals surface area contributed by atoms with Gasteiger partial charge < -0.3 is 4.90 Å². The molecule has 0 radical (unpaired) electrons. The van der Waals surface area contributed by atoms with Crippen LogP contribution in [0.5, 0.6) is 0 Å². The Balaban J connectivity index is 1.95. The fraction of sp³-hybridized carbons (Fsp3) is 0.909. The highest BCUT2D eigenvalue weighted by Gasteiger charge is 2.48. The van der Waals surface area contributed by atoms with Gasteiger partial charge in [-0.05, 0) is 45.2 Å². The van der Waals surface area contributed by atoms with E-state index in [0.717, 1.165) is 13.0 Å². The van der Waals surface area contributed by atoms with Crippen LogP contribution in [0.2, 0.25) is 0 Å². The van der Waals surface area contributed by atoms with Crippen molar-refractivity contribution in [3.63, 3.8) is 0 Å². The van der Waals surface area contributed by atoms with Crippen LogP contribution in [-0.2, 0) is 4.79 Å². The molecule has 1 spiro atoms. The third-order valence-electron chi connectivity index (χ3n) is 3.58. The number of hydrogen-bond donors (Lipinski definition) is 0. The van der Waals surface area contributed by atoms with E-state index in [1.165, 1.54) is 25.7 Å². The van der Waals surface area contributed by atoms with Crippen molar-refractivity contribution in [1.29, 1.82) is 0 Å². The van der Waals surface area contributed by atoms with Crippen LogP contribution in [0.1, 0.15) is 32.1 Å². The van der Waals surface area contributed by atoms with Crippen LogP contribution in [0, 0.1) is 11.3 Å². The lowest BCUT2D eigenvalue weighted by Gasteiger charge is -2.29. The van der Waals surface area contributed by atoms with E-state index in [1.54, 1.807) is 0 Å². The van der Waals surface area contributed by atoms with E-state index in [2.05, 4.69) is 19.0 Å². The van der Waals surface area contributed by atoms with Crippen molar-refractivity contribution < 1.29 is 4.79 Å². The van der Waals surface area contributed by atoms with E-state index in [-0.39, 0.29) is 0 Å². The summed E-state index contributed by atoms with van der Waals surface area (Å²) in [5.74, 6) is 0.845. The summed E-state index contributed by atoms with van der Waals surface area (Å²) >= 11 is 0. The molecule has 0 aromatic carbocycles. The quantitative estimate of drug-likeness (QED) is 0.646. The van der Waals surface area contributed by atoms with Crippen LogP contribution in [0.15, 0.2) is 0 Å². The molecule has 0 aromatic rings. The predicted molar refractivity (Wildman–Crippen MR) is 52.6 cm³/mol. The molecule has 0 aromatic heterocycles. The second-order valence-electron chi connectivity index (χ2n) is 5.13. The fourth-order valence-electron chi connectivity index (χ4n) is 2.57. The number of Topliss-reactive ketones (excluding diaryl/α,β-unsaturated/α-hetero) is 1. The maximum absolute atomic E-state index is 11.6. The van der Waals surface area contributed by atoms with Crippen LogP contribution < -0.4 is 0 Å². The SMILES string of the molecule is CN(C)C[C@@H]1CC2(CCC1=O)CC2. The first kappa shape index (κ1) is 9.20. The van der Waals surface area contributed by atoms with Gasteiger partial charge in [0.05, 0.1) is 0 Å². The number of ketones is 1. The van der Waals surface area contributed by atoms with Gasteiger partial charge in [0.1, 0.15) is 5.78 Å². The Kier molecular flexibility index (Phi) is 2.18. The highest BCUT2D eigenvalue weighted by molar-refractivity contribution is 5.82. The van der Waals surface area contributed by atoms with E-state index in [0.29, 0.717) is 17.1 Å². The third kappa shape index (κ3) is 1.93. The molecule has 2 aliphatic rings. The van der Waals surface area contributed by atoms with Crippen LogP contribution in [0.3, 0.4) is 0 Å². The zero-order chi connectivity index (χ0) is 9.47. The van der Waals surface area contributed by atoms with Crippen molar-refractivity contribution in [2.24, 2.45) is 11.3 Å². The highest BCUT2D eigenvalue weighted by atomic mass is 16.1. The Labute approximate surface area is 80.3 Å². The second kappa shape index (κ2) is 3.09. The van der Waals surface area contributed by atoms with Crippen molar-refractivity contribution in [1.82, 2.24) is 4.90 Å². The fourth-order valence-corrected chi connectivity index (χ4v) is 2.57. The summed E-state index contributed by atoms with van der Waals surface area (Å²) in [5.41, 5.74) is 0.620. The molecule has 0 amide bonds. The van der Waals surface area contributed by atoms with Gasteiger partial charge in [-0.2, -0.15) is 0 Å². The standard InChI is InChI=1S/C11H19NO/c1-12(2)8-9-7-11(5-6-11)4-3-10(9)13/h9H,3-8H2,1-2H3/t9-/m0/s1. The maximum atomic E-state index is 11.6. The summed E-state index contributed by atoms with van der Waals surface area (Å²) in [6.07, 6.45) is 5.95. The molecule has 0 aliphatic heterocycles. The molecule has 1 atom stereocenters. The first-order chi connectivity index (χ1) is 6.11. The number of carbonyl (C=O) groups excluding carboxylic acids is 1. The molecule has 2 nitrogen and oxygen atoms in total. The van der Waals surface area contributed by atoms with Crippen LogP contribution in [0.4, 0.5) is 0 Å². The van der Waals surface area contributed by atoms with E-state index in [1.807, 2.05) is 0 Å². The number of nitrogens with zero attached hydrogens (tertiary/aromatic N) is 1. The lowest BCUT2D eigenvalue weighted by molar-refractivity contribution is -0.126. The molecule has 74 valence electrons. The molecular weight excluding hydrogens is 162 g/mol. The second-order valence-corrected chi connectivity index (χ2v) is 5.13. The third-order valence-corrected chi connectivity index (χ3v) is 3.58. The first-order valence-corrected chi connectivity index (χ1v) is 5.29.